The predicted octanol–water partition coefficient (Wildman–Crippen LogP) is 3.62. The molecule has 2 N–H and O–H groups in total. The number of nitrogens with two attached hydrogens (primary N) is 1. The fourth-order valence-electron chi connectivity index (χ4n) is 2.29. The van der Waals surface area contributed by atoms with Gasteiger partial charge in [0.25, 0.3) is 0 Å². The van der Waals surface area contributed by atoms with Crippen molar-refractivity contribution in [3.05, 3.63) is 65.0 Å². The van der Waals surface area contributed by atoms with Gasteiger partial charge in [0.05, 0.1) is 12.6 Å². The summed E-state index contributed by atoms with van der Waals surface area (Å²) >= 11 is 0. The van der Waals surface area contributed by atoms with Crippen LogP contribution in [0.25, 0.3) is 0 Å². The molecule has 0 spiro atoms. The molecule has 2 aromatic carbocycles. The van der Waals surface area contributed by atoms with Crippen LogP contribution >= 0.6 is 0 Å². The first-order valence-corrected chi connectivity index (χ1v) is 6.71. The number of ether oxygens (including phenoxy) is 1. The molecule has 0 saturated carbocycles. The van der Waals surface area contributed by atoms with Crippen molar-refractivity contribution in [2.45, 2.75) is 25.8 Å². The molecule has 1 atom stereocenters. The molecule has 2 rings (SSSR count). The Bertz CT molecular complexity index is 590. The Morgan fingerprint density at radius 3 is 2.30 bits per heavy atom. The van der Waals surface area contributed by atoms with Crippen molar-refractivity contribution in [3.8, 4) is 5.75 Å². The third-order valence-corrected chi connectivity index (χ3v) is 3.70. The predicted molar refractivity (Wildman–Crippen MR) is 79.4 cm³/mol. The number of hydrogen-bond acceptors (Lipinski definition) is 2. The van der Waals surface area contributed by atoms with Crippen molar-refractivity contribution in [2.24, 2.45) is 5.73 Å². The lowest BCUT2D eigenvalue weighted by molar-refractivity contribution is 0.409. The molecule has 0 fully saturated rings. The van der Waals surface area contributed by atoms with Crippen molar-refractivity contribution in [3.63, 3.8) is 0 Å². The van der Waals surface area contributed by atoms with Gasteiger partial charge in [0.15, 0.2) is 0 Å². The second kappa shape index (κ2) is 5.63. The second-order valence-corrected chi connectivity index (χ2v) is 5.10. The number of rotatable bonds is 4. The highest BCUT2D eigenvalue weighted by atomic mass is 19.1. The Kier molecular flexibility index (Phi) is 4.09. The van der Waals surface area contributed by atoms with Gasteiger partial charge < -0.3 is 10.5 Å². The van der Waals surface area contributed by atoms with Gasteiger partial charge in [0.2, 0.25) is 0 Å². The molecule has 0 aliphatic carbocycles. The van der Waals surface area contributed by atoms with Crippen molar-refractivity contribution in [1.29, 1.82) is 0 Å². The molecular formula is C17H20FNO. The molecule has 2 nitrogen and oxygen atoms in total. The van der Waals surface area contributed by atoms with E-state index in [1.54, 1.807) is 12.1 Å². The first-order valence-electron chi connectivity index (χ1n) is 6.71. The fraction of sp³-hybridized carbons (Fsp3) is 0.294. The molecule has 0 aliphatic heterocycles. The van der Waals surface area contributed by atoms with E-state index in [0.717, 1.165) is 12.0 Å². The summed E-state index contributed by atoms with van der Waals surface area (Å²) in [6.07, 6.45) is 0.971. The van der Waals surface area contributed by atoms with Crippen LogP contribution in [0, 0.1) is 5.82 Å². The summed E-state index contributed by atoms with van der Waals surface area (Å²) in [6.45, 7) is 3.92. The lowest BCUT2D eigenvalue weighted by atomic mass is 9.85. The van der Waals surface area contributed by atoms with Crippen LogP contribution in [0.1, 0.15) is 30.5 Å². The third-order valence-electron chi connectivity index (χ3n) is 3.70. The molecule has 2 aromatic rings. The normalized spacial score (nSPS) is 13.8. The van der Waals surface area contributed by atoms with Gasteiger partial charge in [-0.2, -0.15) is 0 Å². The first-order chi connectivity index (χ1) is 9.48. The summed E-state index contributed by atoms with van der Waals surface area (Å²) in [5, 5.41) is 0. The summed E-state index contributed by atoms with van der Waals surface area (Å²) in [5.74, 6) is 0.136. The lowest BCUT2D eigenvalue weighted by Crippen LogP contribution is -2.35. The smallest absolute Gasteiger partial charge is 0.132 e. The highest BCUT2D eigenvalue weighted by Gasteiger charge is 2.27. The van der Waals surface area contributed by atoms with Crippen LogP contribution in [-0.2, 0) is 12.0 Å². The maximum atomic E-state index is 14.2. The fourth-order valence-corrected chi connectivity index (χ4v) is 2.29. The second-order valence-electron chi connectivity index (χ2n) is 5.10. The van der Waals surface area contributed by atoms with E-state index in [4.69, 9.17) is 10.5 Å². The molecule has 0 aromatic heterocycles. The number of halogens is 1. The Balaban J connectivity index is 2.42. The van der Waals surface area contributed by atoms with Gasteiger partial charge >= 0.3 is 0 Å². The summed E-state index contributed by atoms with van der Waals surface area (Å²) in [4.78, 5) is 0. The zero-order chi connectivity index (χ0) is 14.8. The van der Waals surface area contributed by atoms with Gasteiger partial charge in [-0.15, -0.1) is 0 Å². The van der Waals surface area contributed by atoms with Crippen LogP contribution in [-0.4, -0.2) is 7.11 Å². The molecular weight excluding hydrogens is 253 g/mol. The van der Waals surface area contributed by atoms with Gasteiger partial charge in [0, 0.05) is 11.6 Å². The quantitative estimate of drug-likeness (QED) is 0.923. The van der Waals surface area contributed by atoms with Crippen molar-refractivity contribution in [2.75, 3.05) is 7.11 Å². The SMILES string of the molecule is CCc1ccc(C(C)(N)c2ccc(OC)cc2F)cc1. The van der Waals surface area contributed by atoms with E-state index in [-0.39, 0.29) is 5.82 Å². The number of methoxy groups -OCH3 is 1. The zero-order valence-electron chi connectivity index (χ0n) is 12.1. The number of hydrogen-bond donors (Lipinski definition) is 1. The van der Waals surface area contributed by atoms with Gasteiger partial charge in [-0.25, -0.2) is 4.39 Å². The average Bonchev–Trinajstić information content (AvgIpc) is 2.46. The molecule has 0 aliphatic rings. The van der Waals surface area contributed by atoms with Gasteiger partial charge in [-0.3, -0.25) is 0 Å². The maximum absolute atomic E-state index is 14.2. The minimum Gasteiger partial charge on any atom is -0.497 e. The van der Waals surface area contributed by atoms with Crippen molar-refractivity contribution >= 4 is 0 Å². The van der Waals surface area contributed by atoms with Crippen LogP contribution in [0.2, 0.25) is 0 Å². The summed E-state index contributed by atoms with van der Waals surface area (Å²) in [6, 6.07) is 12.8. The molecule has 0 saturated heterocycles. The molecule has 0 amide bonds. The van der Waals surface area contributed by atoms with Crippen LogP contribution in [0.15, 0.2) is 42.5 Å². The minimum atomic E-state index is -0.872. The van der Waals surface area contributed by atoms with Crippen LogP contribution in [0.5, 0.6) is 5.75 Å². The molecule has 20 heavy (non-hydrogen) atoms. The maximum Gasteiger partial charge on any atom is 0.132 e. The standard InChI is InChI=1S/C17H20FNO/c1-4-12-5-7-13(8-6-12)17(2,19)15-10-9-14(20-3)11-16(15)18/h5-11H,4,19H2,1-3H3. The molecule has 1 unspecified atom stereocenters. The summed E-state index contributed by atoms with van der Waals surface area (Å²) in [5.41, 5.74) is 8.07. The Hall–Kier alpha value is -1.87. The Morgan fingerprint density at radius 1 is 1.15 bits per heavy atom. The number of benzene rings is 2. The van der Waals surface area contributed by atoms with E-state index in [9.17, 15) is 4.39 Å². The Morgan fingerprint density at radius 2 is 1.80 bits per heavy atom. The van der Waals surface area contributed by atoms with E-state index >= 15 is 0 Å². The molecule has 0 bridgehead atoms. The van der Waals surface area contributed by atoms with Crippen molar-refractivity contribution in [1.82, 2.24) is 0 Å². The van der Waals surface area contributed by atoms with Crippen LogP contribution in [0.3, 0.4) is 0 Å². The third kappa shape index (κ3) is 2.68. The number of aryl methyl sites for hydroxylation is 1. The minimum absolute atomic E-state index is 0.353. The summed E-state index contributed by atoms with van der Waals surface area (Å²) < 4.78 is 19.2. The molecule has 3 heteroatoms. The van der Waals surface area contributed by atoms with Gasteiger partial charge in [0.1, 0.15) is 11.6 Å². The summed E-state index contributed by atoms with van der Waals surface area (Å²) in [7, 11) is 1.51. The zero-order valence-corrected chi connectivity index (χ0v) is 12.1. The first kappa shape index (κ1) is 14.5. The van der Waals surface area contributed by atoms with Crippen molar-refractivity contribution < 1.29 is 9.13 Å². The van der Waals surface area contributed by atoms with E-state index in [2.05, 4.69) is 6.92 Å². The lowest BCUT2D eigenvalue weighted by Gasteiger charge is -2.27. The molecule has 0 radical (unpaired) electrons. The van der Waals surface area contributed by atoms with Gasteiger partial charge in [-0.1, -0.05) is 37.3 Å². The average molecular weight is 273 g/mol. The van der Waals surface area contributed by atoms with Gasteiger partial charge in [-0.05, 0) is 30.5 Å². The monoisotopic (exact) mass is 273 g/mol. The van der Waals surface area contributed by atoms with Crippen LogP contribution in [0.4, 0.5) is 4.39 Å². The molecule has 0 heterocycles. The Labute approximate surface area is 119 Å². The van der Waals surface area contributed by atoms with E-state index in [1.165, 1.54) is 18.7 Å². The van der Waals surface area contributed by atoms with E-state index < -0.39 is 5.54 Å². The van der Waals surface area contributed by atoms with Crippen LogP contribution < -0.4 is 10.5 Å². The largest absolute Gasteiger partial charge is 0.497 e. The highest BCUT2D eigenvalue weighted by molar-refractivity contribution is 5.41. The topological polar surface area (TPSA) is 35.2 Å². The van der Waals surface area contributed by atoms with E-state index in [0.29, 0.717) is 11.3 Å². The van der Waals surface area contributed by atoms with E-state index in [1.807, 2.05) is 31.2 Å². The molecule has 106 valence electrons. The highest BCUT2D eigenvalue weighted by Crippen LogP contribution is 2.30.